The van der Waals surface area contributed by atoms with Crippen molar-refractivity contribution >= 4 is 33.6 Å². The third kappa shape index (κ3) is 6.38. The highest BCUT2D eigenvalue weighted by atomic mass is 79.9. The van der Waals surface area contributed by atoms with Crippen LogP contribution in [-0.4, -0.2) is 28.8 Å². The highest BCUT2D eigenvalue weighted by Crippen LogP contribution is 2.06. The SMILES string of the molecule is CCC(Br)C(=O)NC(C)CCSC. The van der Waals surface area contributed by atoms with E-state index in [1.54, 1.807) is 0 Å². The number of carbonyl (C=O) groups is 1. The fraction of sp³-hybridized carbons (Fsp3) is 0.889. The molecule has 0 aliphatic heterocycles. The van der Waals surface area contributed by atoms with Crippen molar-refractivity contribution in [2.75, 3.05) is 12.0 Å². The second kappa shape index (κ2) is 7.68. The number of carbonyl (C=O) groups excluding carboxylic acids is 1. The minimum absolute atomic E-state index is 0.0378. The van der Waals surface area contributed by atoms with E-state index < -0.39 is 0 Å². The predicted molar refractivity (Wildman–Crippen MR) is 63.6 cm³/mol. The van der Waals surface area contributed by atoms with Crippen molar-refractivity contribution in [3.8, 4) is 0 Å². The number of thioether (sulfide) groups is 1. The molecule has 1 amide bonds. The summed E-state index contributed by atoms with van der Waals surface area (Å²) in [6.45, 7) is 4.04. The summed E-state index contributed by atoms with van der Waals surface area (Å²) in [6.07, 6.45) is 3.95. The molecule has 78 valence electrons. The number of hydrogen-bond donors (Lipinski definition) is 1. The van der Waals surface area contributed by atoms with Crippen LogP contribution in [-0.2, 0) is 4.79 Å². The highest BCUT2D eigenvalue weighted by Gasteiger charge is 2.13. The third-order valence-corrected chi connectivity index (χ3v) is 3.49. The number of hydrogen-bond acceptors (Lipinski definition) is 2. The Hall–Kier alpha value is 0.300. The van der Waals surface area contributed by atoms with Gasteiger partial charge in [-0.05, 0) is 31.8 Å². The van der Waals surface area contributed by atoms with Crippen LogP contribution in [0.5, 0.6) is 0 Å². The largest absolute Gasteiger partial charge is 0.353 e. The first-order valence-electron chi connectivity index (χ1n) is 4.55. The van der Waals surface area contributed by atoms with Crippen molar-refractivity contribution < 1.29 is 4.79 Å². The van der Waals surface area contributed by atoms with E-state index in [1.165, 1.54) is 0 Å². The monoisotopic (exact) mass is 267 g/mol. The van der Waals surface area contributed by atoms with Gasteiger partial charge < -0.3 is 5.32 Å². The summed E-state index contributed by atoms with van der Waals surface area (Å²) in [5, 5.41) is 2.97. The zero-order chi connectivity index (χ0) is 10.3. The second-order valence-electron chi connectivity index (χ2n) is 3.07. The Morgan fingerprint density at radius 2 is 2.23 bits per heavy atom. The van der Waals surface area contributed by atoms with Gasteiger partial charge in [-0.25, -0.2) is 0 Å². The van der Waals surface area contributed by atoms with Crippen LogP contribution in [0.3, 0.4) is 0 Å². The first kappa shape index (κ1) is 13.3. The Labute approximate surface area is 93.4 Å². The molecular formula is C9H18BrNOS. The molecule has 0 fully saturated rings. The number of halogens is 1. The number of rotatable bonds is 6. The average Bonchev–Trinajstić information content (AvgIpc) is 2.13. The average molecular weight is 268 g/mol. The lowest BCUT2D eigenvalue weighted by Gasteiger charge is -2.15. The minimum Gasteiger partial charge on any atom is -0.353 e. The van der Waals surface area contributed by atoms with Crippen molar-refractivity contribution in [3.05, 3.63) is 0 Å². The molecule has 2 unspecified atom stereocenters. The zero-order valence-corrected chi connectivity index (χ0v) is 10.9. The molecule has 0 saturated heterocycles. The summed E-state index contributed by atoms with van der Waals surface area (Å²) in [6, 6.07) is 0.284. The van der Waals surface area contributed by atoms with Crippen LogP contribution in [0, 0.1) is 0 Å². The van der Waals surface area contributed by atoms with Gasteiger partial charge in [0.1, 0.15) is 0 Å². The standard InChI is InChI=1S/C9H18BrNOS/c1-4-8(10)9(12)11-7(2)5-6-13-3/h7-8H,4-6H2,1-3H3,(H,11,12). The lowest BCUT2D eigenvalue weighted by atomic mass is 10.2. The van der Waals surface area contributed by atoms with Crippen molar-refractivity contribution in [1.82, 2.24) is 5.32 Å². The highest BCUT2D eigenvalue weighted by molar-refractivity contribution is 9.10. The van der Waals surface area contributed by atoms with Crippen LogP contribution in [0.4, 0.5) is 0 Å². The van der Waals surface area contributed by atoms with Gasteiger partial charge in [-0.3, -0.25) is 4.79 Å². The van der Waals surface area contributed by atoms with Gasteiger partial charge in [0.2, 0.25) is 5.91 Å². The van der Waals surface area contributed by atoms with Gasteiger partial charge in [0.05, 0.1) is 4.83 Å². The molecule has 0 spiro atoms. The first-order valence-corrected chi connectivity index (χ1v) is 6.86. The zero-order valence-electron chi connectivity index (χ0n) is 8.47. The molecule has 4 heteroatoms. The van der Waals surface area contributed by atoms with Crippen LogP contribution in [0.1, 0.15) is 26.7 Å². The molecule has 0 rings (SSSR count). The molecule has 2 atom stereocenters. The molecule has 0 radical (unpaired) electrons. The summed E-state index contributed by atoms with van der Waals surface area (Å²) < 4.78 is 0. The predicted octanol–water partition coefficient (Wildman–Crippen LogP) is 2.42. The van der Waals surface area contributed by atoms with Gasteiger partial charge in [-0.1, -0.05) is 22.9 Å². The van der Waals surface area contributed by atoms with E-state index >= 15 is 0 Å². The van der Waals surface area contributed by atoms with Gasteiger partial charge in [0.25, 0.3) is 0 Å². The van der Waals surface area contributed by atoms with Crippen LogP contribution < -0.4 is 5.32 Å². The topological polar surface area (TPSA) is 29.1 Å². The Bertz CT molecular complexity index is 155. The fourth-order valence-electron chi connectivity index (χ4n) is 0.885. The molecule has 0 saturated carbocycles. The van der Waals surface area contributed by atoms with E-state index in [9.17, 15) is 4.79 Å². The van der Waals surface area contributed by atoms with E-state index in [2.05, 4.69) is 27.5 Å². The van der Waals surface area contributed by atoms with Gasteiger partial charge in [0, 0.05) is 6.04 Å². The molecule has 0 aromatic heterocycles. The van der Waals surface area contributed by atoms with Gasteiger partial charge >= 0.3 is 0 Å². The molecule has 0 aromatic carbocycles. The molecule has 0 aliphatic rings. The van der Waals surface area contributed by atoms with Crippen LogP contribution >= 0.6 is 27.7 Å². The molecule has 0 heterocycles. The van der Waals surface area contributed by atoms with Gasteiger partial charge in [-0.15, -0.1) is 0 Å². The molecule has 0 bridgehead atoms. The fourth-order valence-corrected chi connectivity index (χ4v) is 1.61. The lowest BCUT2D eigenvalue weighted by molar-refractivity contribution is -0.121. The van der Waals surface area contributed by atoms with E-state index in [0.717, 1.165) is 18.6 Å². The van der Waals surface area contributed by atoms with E-state index in [-0.39, 0.29) is 16.8 Å². The van der Waals surface area contributed by atoms with E-state index in [0.29, 0.717) is 0 Å². The quantitative estimate of drug-likeness (QED) is 0.749. The molecule has 1 N–H and O–H groups in total. The van der Waals surface area contributed by atoms with Crippen molar-refractivity contribution in [3.63, 3.8) is 0 Å². The summed E-state index contributed by atoms with van der Waals surface area (Å²) in [5.41, 5.74) is 0. The second-order valence-corrected chi connectivity index (χ2v) is 5.16. The van der Waals surface area contributed by atoms with Crippen LogP contribution in [0.25, 0.3) is 0 Å². The van der Waals surface area contributed by atoms with E-state index in [1.807, 2.05) is 25.6 Å². The minimum atomic E-state index is -0.0378. The van der Waals surface area contributed by atoms with Crippen LogP contribution in [0.2, 0.25) is 0 Å². The maximum absolute atomic E-state index is 11.4. The Morgan fingerprint density at radius 1 is 1.62 bits per heavy atom. The van der Waals surface area contributed by atoms with Crippen molar-refractivity contribution in [2.45, 2.75) is 37.6 Å². The normalized spacial score (nSPS) is 15.1. The summed E-state index contributed by atoms with van der Waals surface area (Å²) in [4.78, 5) is 11.3. The Morgan fingerprint density at radius 3 is 2.69 bits per heavy atom. The molecule has 13 heavy (non-hydrogen) atoms. The van der Waals surface area contributed by atoms with E-state index in [4.69, 9.17) is 0 Å². The number of alkyl halides is 1. The van der Waals surface area contributed by atoms with Crippen molar-refractivity contribution in [2.24, 2.45) is 0 Å². The van der Waals surface area contributed by atoms with Crippen molar-refractivity contribution in [1.29, 1.82) is 0 Å². The Balaban J connectivity index is 3.64. The molecule has 0 aliphatic carbocycles. The van der Waals surface area contributed by atoms with Crippen LogP contribution in [0.15, 0.2) is 0 Å². The summed E-state index contributed by atoms with van der Waals surface area (Å²) in [5.74, 6) is 1.21. The van der Waals surface area contributed by atoms with Gasteiger partial charge in [-0.2, -0.15) is 11.8 Å². The maximum Gasteiger partial charge on any atom is 0.233 e. The smallest absolute Gasteiger partial charge is 0.233 e. The molecule has 0 aromatic rings. The Kier molecular flexibility index (Phi) is 7.86. The van der Waals surface area contributed by atoms with Gasteiger partial charge in [0.15, 0.2) is 0 Å². The molecule has 2 nitrogen and oxygen atoms in total. The third-order valence-electron chi connectivity index (χ3n) is 1.79. The lowest BCUT2D eigenvalue weighted by Crippen LogP contribution is -2.37. The summed E-state index contributed by atoms with van der Waals surface area (Å²) >= 11 is 5.13. The maximum atomic E-state index is 11.4. The first-order chi connectivity index (χ1) is 6.11. The number of nitrogens with one attached hydrogen (secondary N) is 1. The molecular weight excluding hydrogens is 250 g/mol. The summed E-state index contributed by atoms with van der Waals surface area (Å²) in [7, 11) is 0. The number of amides is 1.